The van der Waals surface area contributed by atoms with E-state index in [1.54, 1.807) is 24.4 Å². The van der Waals surface area contributed by atoms with Crippen molar-refractivity contribution < 1.29 is 19.5 Å². The zero-order chi connectivity index (χ0) is 20.5. The van der Waals surface area contributed by atoms with Gasteiger partial charge in [0.05, 0.1) is 17.8 Å². The molecule has 2 aromatic heterocycles. The molecule has 1 saturated heterocycles. The van der Waals surface area contributed by atoms with Gasteiger partial charge in [-0.25, -0.2) is 14.4 Å². The number of nitrogens with zero attached hydrogens (tertiary/aromatic N) is 4. The van der Waals surface area contributed by atoms with E-state index in [9.17, 15) is 19.5 Å². The van der Waals surface area contributed by atoms with Crippen LogP contribution in [0.15, 0.2) is 42.7 Å². The number of amides is 1. The molecule has 2 N–H and O–H groups in total. The number of aliphatic hydroxyl groups excluding tert-OH is 1. The van der Waals surface area contributed by atoms with Crippen molar-refractivity contribution in [3.63, 3.8) is 0 Å². The fourth-order valence-electron chi connectivity index (χ4n) is 3.78. The lowest BCUT2D eigenvalue weighted by atomic mass is 10.1. The molecule has 0 saturated carbocycles. The number of fused-ring (bicyclic) bond motifs is 1. The molecule has 152 valence electrons. The van der Waals surface area contributed by atoms with Crippen LogP contribution in [0.2, 0.25) is 0 Å². The molecule has 0 unspecified atom stereocenters. The molecule has 0 spiro atoms. The summed E-state index contributed by atoms with van der Waals surface area (Å²) in [5.41, 5.74) is 2.96. The molecule has 0 bridgehead atoms. The Labute approximate surface area is 167 Å². The second kappa shape index (κ2) is 7.90. The molecule has 3 heterocycles. The minimum Gasteiger partial charge on any atom is -0.392 e. The number of hydrogen-bond acceptors (Lipinski definition) is 5. The Morgan fingerprint density at radius 3 is 2.72 bits per heavy atom. The molecule has 1 aliphatic heterocycles. The summed E-state index contributed by atoms with van der Waals surface area (Å²) in [4.78, 5) is 18.5. The maximum absolute atomic E-state index is 13.2. The minimum absolute atomic E-state index is 0.157. The second-order valence-electron chi connectivity index (χ2n) is 7.50. The molecule has 0 radical (unpaired) electrons. The van der Waals surface area contributed by atoms with Crippen molar-refractivity contribution in [3.8, 4) is 0 Å². The van der Waals surface area contributed by atoms with E-state index < -0.39 is 5.91 Å². The maximum atomic E-state index is 13.2. The van der Waals surface area contributed by atoms with Gasteiger partial charge in [0.1, 0.15) is 11.5 Å². The van der Waals surface area contributed by atoms with Gasteiger partial charge in [-0.3, -0.25) is 14.9 Å². The van der Waals surface area contributed by atoms with Gasteiger partial charge in [0.25, 0.3) is 5.91 Å². The minimum atomic E-state index is -0.583. The van der Waals surface area contributed by atoms with Crippen LogP contribution in [-0.2, 0) is 13.1 Å². The lowest BCUT2D eigenvalue weighted by Gasteiger charge is -2.14. The average Bonchev–Trinajstić information content (AvgIpc) is 3.26. The van der Waals surface area contributed by atoms with Gasteiger partial charge in [0, 0.05) is 44.8 Å². The van der Waals surface area contributed by atoms with E-state index in [4.69, 9.17) is 0 Å². The summed E-state index contributed by atoms with van der Waals surface area (Å²) in [5.74, 6) is -0.863. The van der Waals surface area contributed by atoms with Gasteiger partial charge < -0.3 is 9.67 Å². The molecule has 1 aliphatic rings. The number of hydrogen-bond donors (Lipinski definition) is 2. The number of hydroxylamine groups is 2. The van der Waals surface area contributed by atoms with Gasteiger partial charge in [-0.1, -0.05) is 12.1 Å². The van der Waals surface area contributed by atoms with E-state index in [1.807, 2.05) is 10.8 Å². The molecular weight excluding hydrogens is 375 g/mol. The van der Waals surface area contributed by atoms with Gasteiger partial charge in [-0.15, -0.1) is 0 Å². The largest absolute Gasteiger partial charge is 0.392 e. The zero-order valence-corrected chi connectivity index (χ0v) is 16.1. The fraction of sp³-hybridized carbons (Fsp3) is 0.333. The first-order valence-electron chi connectivity index (χ1n) is 9.50. The van der Waals surface area contributed by atoms with E-state index in [0.717, 1.165) is 35.0 Å². The first kappa shape index (κ1) is 19.5. The van der Waals surface area contributed by atoms with Gasteiger partial charge in [-0.2, -0.15) is 0 Å². The Balaban J connectivity index is 1.72. The lowest BCUT2D eigenvalue weighted by Crippen LogP contribution is -2.23. The van der Waals surface area contributed by atoms with Gasteiger partial charge in [-0.05, 0) is 35.7 Å². The van der Waals surface area contributed by atoms with Crippen LogP contribution in [0.4, 0.5) is 4.39 Å². The number of aromatic nitrogens is 2. The Hall–Kier alpha value is -2.81. The normalized spacial score (nSPS) is 17.2. The molecule has 1 aromatic carbocycles. The molecule has 1 amide bonds. The van der Waals surface area contributed by atoms with Crippen LogP contribution in [0.1, 0.15) is 28.0 Å². The summed E-state index contributed by atoms with van der Waals surface area (Å²) < 4.78 is 15.2. The smallest absolute Gasteiger partial charge is 0.295 e. The molecule has 3 aromatic rings. The second-order valence-corrected chi connectivity index (χ2v) is 7.50. The third kappa shape index (κ3) is 4.14. The van der Waals surface area contributed by atoms with Crippen LogP contribution in [0.25, 0.3) is 10.9 Å². The fourth-order valence-corrected chi connectivity index (χ4v) is 3.78. The van der Waals surface area contributed by atoms with Crippen LogP contribution in [0.3, 0.4) is 0 Å². The van der Waals surface area contributed by atoms with Gasteiger partial charge in [0.15, 0.2) is 0 Å². The number of halogens is 1. The lowest BCUT2D eigenvalue weighted by molar-refractivity contribution is -0.0379. The first-order valence-corrected chi connectivity index (χ1v) is 9.50. The van der Waals surface area contributed by atoms with Crippen LogP contribution in [-0.4, -0.2) is 62.0 Å². The number of carbonyl (C=O) groups excluding carboxylic acids is 1. The monoisotopic (exact) mass is 398 g/mol. The van der Waals surface area contributed by atoms with E-state index in [2.05, 4.69) is 9.88 Å². The summed E-state index contributed by atoms with van der Waals surface area (Å²) in [6.07, 6.45) is 4.06. The quantitative estimate of drug-likeness (QED) is 0.509. The molecule has 0 aliphatic carbocycles. The highest BCUT2D eigenvalue weighted by Gasteiger charge is 2.22. The highest BCUT2D eigenvalue weighted by atomic mass is 19.1. The van der Waals surface area contributed by atoms with Crippen molar-refractivity contribution in [2.24, 2.45) is 0 Å². The van der Waals surface area contributed by atoms with Crippen LogP contribution >= 0.6 is 0 Å². The molecule has 8 heteroatoms. The van der Waals surface area contributed by atoms with Crippen LogP contribution in [0, 0.1) is 5.82 Å². The number of rotatable bonds is 5. The Kier molecular flexibility index (Phi) is 5.31. The van der Waals surface area contributed by atoms with Crippen molar-refractivity contribution in [2.45, 2.75) is 25.6 Å². The third-order valence-electron chi connectivity index (χ3n) is 5.27. The van der Waals surface area contributed by atoms with Crippen LogP contribution in [0.5, 0.6) is 0 Å². The predicted molar refractivity (Wildman–Crippen MR) is 105 cm³/mol. The summed E-state index contributed by atoms with van der Waals surface area (Å²) in [6.45, 7) is 2.59. The maximum Gasteiger partial charge on any atom is 0.295 e. The van der Waals surface area contributed by atoms with Gasteiger partial charge >= 0.3 is 0 Å². The summed E-state index contributed by atoms with van der Waals surface area (Å²) in [5, 5.41) is 20.7. The number of aliphatic hydroxyl groups is 1. The average molecular weight is 398 g/mol. The molecule has 1 fully saturated rings. The summed E-state index contributed by atoms with van der Waals surface area (Å²) in [7, 11) is 1.26. The number of β-amino-alcohol motifs (C(OH)–C–C–N with tert-alkyl or cyclic N) is 1. The first-order chi connectivity index (χ1) is 13.9. The van der Waals surface area contributed by atoms with Gasteiger partial charge in [0.2, 0.25) is 0 Å². The highest BCUT2D eigenvalue weighted by Crippen LogP contribution is 2.26. The van der Waals surface area contributed by atoms with E-state index in [-0.39, 0.29) is 17.6 Å². The number of pyridine rings is 1. The van der Waals surface area contributed by atoms with Crippen molar-refractivity contribution in [1.82, 2.24) is 19.5 Å². The summed E-state index contributed by atoms with van der Waals surface area (Å²) in [6, 6.07) is 8.03. The Morgan fingerprint density at radius 1 is 1.31 bits per heavy atom. The predicted octanol–water partition coefficient (Wildman–Crippen LogP) is 2.25. The third-order valence-corrected chi connectivity index (χ3v) is 5.27. The highest BCUT2D eigenvalue weighted by molar-refractivity contribution is 5.96. The van der Waals surface area contributed by atoms with E-state index in [0.29, 0.717) is 24.7 Å². The Morgan fingerprint density at radius 2 is 2.07 bits per heavy atom. The molecule has 1 atom stereocenters. The molecule has 29 heavy (non-hydrogen) atoms. The van der Waals surface area contributed by atoms with E-state index >= 15 is 0 Å². The molecule has 7 nitrogen and oxygen atoms in total. The zero-order valence-electron chi connectivity index (χ0n) is 16.1. The molecular formula is C21H23FN4O3. The van der Waals surface area contributed by atoms with Crippen molar-refractivity contribution in [1.29, 1.82) is 0 Å². The number of benzene rings is 1. The van der Waals surface area contributed by atoms with Crippen molar-refractivity contribution in [2.75, 3.05) is 20.1 Å². The molecule has 4 rings (SSSR count). The topological polar surface area (TPSA) is 81.8 Å². The number of likely N-dealkylation sites (tertiary alicyclic amines) is 1. The SMILES string of the molecule is CN(O)C(=O)c1cc2c(CN3CC[C@H](O)C3)cn(Cc3ccc(F)cc3)c2cn1. The standard InChI is InChI=1S/C21H23FN4O3/c1-24(29)21(28)19-8-18-15(11-25-7-6-17(27)13-25)12-26(20(18)9-23-19)10-14-2-4-16(22)5-3-14/h2-5,8-9,12,17,27,29H,6-7,10-11,13H2,1H3/t17-/m0/s1. The van der Waals surface area contributed by atoms with Crippen molar-refractivity contribution >= 4 is 16.8 Å². The van der Waals surface area contributed by atoms with Crippen molar-refractivity contribution in [3.05, 3.63) is 65.4 Å². The van der Waals surface area contributed by atoms with E-state index in [1.165, 1.54) is 19.2 Å². The number of carbonyl (C=O) groups is 1. The summed E-state index contributed by atoms with van der Waals surface area (Å²) >= 11 is 0. The Bertz CT molecular complexity index is 1030. The van der Waals surface area contributed by atoms with Crippen LogP contribution < -0.4 is 0 Å².